The summed E-state index contributed by atoms with van der Waals surface area (Å²) < 4.78 is 5.50. The minimum absolute atomic E-state index is 0.278. The van der Waals surface area contributed by atoms with E-state index in [1.807, 2.05) is 12.1 Å². The van der Waals surface area contributed by atoms with Gasteiger partial charge in [0.25, 0.3) is 0 Å². The van der Waals surface area contributed by atoms with Crippen molar-refractivity contribution in [3.63, 3.8) is 0 Å². The number of halogens is 2. The third-order valence-corrected chi connectivity index (χ3v) is 3.32. The van der Waals surface area contributed by atoms with Crippen molar-refractivity contribution in [2.75, 3.05) is 0 Å². The van der Waals surface area contributed by atoms with Gasteiger partial charge in [-0.3, -0.25) is 0 Å². The molecule has 1 aliphatic carbocycles. The molecule has 0 amide bonds. The summed E-state index contributed by atoms with van der Waals surface area (Å²) in [7, 11) is 0. The van der Waals surface area contributed by atoms with Crippen LogP contribution in [-0.4, -0.2) is 6.10 Å². The fourth-order valence-electron chi connectivity index (χ4n) is 2.06. The highest BCUT2D eigenvalue weighted by Gasteiger charge is 2.44. The number of rotatable bonds is 0. The van der Waals surface area contributed by atoms with Gasteiger partial charge in [-0.1, -0.05) is 23.2 Å². The van der Waals surface area contributed by atoms with Crippen LogP contribution in [0.3, 0.4) is 0 Å². The maximum atomic E-state index is 6.09. The lowest BCUT2D eigenvalue weighted by Crippen LogP contribution is -2.04. The molecule has 13 heavy (non-hydrogen) atoms. The number of epoxide rings is 1. The topological polar surface area (TPSA) is 12.5 Å². The predicted molar refractivity (Wildman–Crippen MR) is 52.4 cm³/mol. The van der Waals surface area contributed by atoms with Crippen LogP contribution < -0.4 is 0 Å². The molecule has 1 aliphatic heterocycles. The van der Waals surface area contributed by atoms with E-state index in [9.17, 15) is 0 Å². The van der Waals surface area contributed by atoms with Gasteiger partial charge in [-0.15, -0.1) is 0 Å². The Morgan fingerprint density at radius 1 is 1.31 bits per heavy atom. The SMILES string of the molecule is Clc1cc(Cl)c2c(c1)[C@H]1O[C@H]1CC2. The summed E-state index contributed by atoms with van der Waals surface area (Å²) in [6.07, 6.45) is 2.83. The van der Waals surface area contributed by atoms with Crippen LogP contribution in [-0.2, 0) is 11.2 Å². The fraction of sp³-hybridized carbons (Fsp3) is 0.400. The zero-order chi connectivity index (χ0) is 9.00. The molecule has 2 aliphatic rings. The van der Waals surface area contributed by atoms with Gasteiger partial charge in [0, 0.05) is 10.0 Å². The van der Waals surface area contributed by atoms with Crippen LogP contribution in [0.15, 0.2) is 12.1 Å². The second-order valence-corrected chi connectivity index (χ2v) is 4.43. The molecule has 3 heteroatoms. The lowest BCUT2D eigenvalue weighted by molar-refractivity contribution is 0.373. The average Bonchev–Trinajstić information content (AvgIpc) is 2.82. The van der Waals surface area contributed by atoms with Crippen LogP contribution in [0.4, 0.5) is 0 Å². The number of fused-ring (bicyclic) bond motifs is 3. The van der Waals surface area contributed by atoms with Gasteiger partial charge in [-0.05, 0) is 36.1 Å². The Morgan fingerprint density at radius 3 is 3.00 bits per heavy atom. The molecular weight excluding hydrogens is 207 g/mol. The number of hydrogen-bond acceptors (Lipinski definition) is 1. The minimum atomic E-state index is 0.278. The molecule has 1 aromatic rings. The first-order valence-corrected chi connectivity index (χ1v) is 5.14. The molecule has 2 atom stereocenters. The quantitative estimate of drug-likeness (QED) is 0.604. The molecule has 0 spiro atoms. The summed E-state index contributed by atoms with van der Waals surface area (Å²) >= 11 is 12.0. The molecule has 3 rings (SSSR count). The third kappa shape index (κ3) is 1.18. The number of hydrogen-bond donors (Lipinski definition) is 0. The van der Waals surface area contributed by atoms with Crippen molar-refractivity contribution in [1.29, 1.82) is 0 Å². The van der Waals surface area contributed by atoms with Crippen molar-refractivity contribution >= 4 is 23.2 Å². The Balaban J connectivity index is 2.19. The standard InChI is InChI=1S/C10H8Cl2O/c11-5-3-7-6(8(12)4-5)1-2-9-10(7)13-9/h3-4,9-10H,1-2H2/t9-,10+/m0/s1. The summed E-state index contributed by atoms with van der Waals surface area (Å²) in [6.45, 7) is 0. The van der Waals surface area contributed by atoms with Crippen LogP contribution in [0.1, 0.15) is 23.7 Å². The lowest BCUT2D eigenvalue weighted by Gasteiger charge is -2.13. The summed E-state index contributed by atoms with van der Waals surface area (Å²) in [4.78, 5) is 0. The van der Waals surface area contributed by atoms with Crippen LogP contribution in [0.25, 0.3) is 0 Å². The molecule has 0 aromatic heterocycles. The van der Waals surface area contributed by atoms with Gasteiger partial charge in [0.15, 0.2) is 0 Å². The van der Waals surface area contributed by atoms with E-state index in [1.165, 1.54) is 11.1 Å². The predicted octanol–water partition coefficient (Wildman–Crippen LogP) is 3.38. The van der Waals surface area contributed by atoms with Crippen molar-refractivity contribution in [2.24, 2.45) is 0 Å². The molecule has 1 aromatic carbocycles. The molecule has 0 radical (unpaired) electrons. The Morgan fingerprint density at radius 2 is 2.15 bits per heavy atom. The Hall–Kier alpha value is -0.240. The van der Waals surface area contributed by atoms with E-state index in [-0.39, 0.29) is 6.10 Å². The summed E-state index contributed by atoms with van der Waals surface area (Å²) in [5, 5.41) is 1.50. The van der Waals surface area contributed by atoms with Gasteiger partial charge < -0.3 is 4.74 Å². The van der Waals surface area contributed by atoms with E-state index in [4.69, 9.17) is 27.9 Å². The second-order valence-electron chi connectivity index (χ2n) is 3.59. The Labute approximate surface area is 86.6 Å². The molecule has 0 N–H and O–H groups in total. The number of ether oxygens (including phenoxy) is 1. The Kier molecular flexibility index (Phi) is 1.64. The molecule has 0 saturated carbocycles. The first-order chi connectivity index (χ1) is 6.25. The van der Waals surface area contributed by atoms with Crippen LogP contribution in [0, 0.1) is 0 Å². The second kappa shape index (κ2) is 2.63. The van der Waals surface area contributed by atoms with E-state index < -0.39 is 0 Å². The molecule has 1 fully saturated rings. The molecule has 1 heterocycles. The van der Waals surface area contributed by atoms with Gasteiger partial charge in [0.2, 0.25) is 0 Å². The van der Waals surface area contributed by atoms with E-state index in [2.05, 4.69) is 0 Å². The van der Waals surface area contributed by atoms with Gasteiger partial charge in [0.1, 0.15) is 6.10 Å². The monoisotopic (exact) mass is 214 g/mol. The molecule has 68 valence electrons. The van der Waals surface area contributed by atoms with Gasteiger partial charge in [-0.2, -0.15) is 0 Å². The third-order valence-electron chi connectivity index (χ3n) is 2.76. The van der Waals surface area contributed by atoms with Crippen molar-refractivity contribution < 1.29 is 4.74 Å². The number of benzene rings is 1. The van der Waals surface area contributed by atoms with Crippen molar-refractivity contribution in [3.05, 3.63) is 33.3 Å². The summed E-state index contributed by atoms with van der Waals surface area (Å²) in [5.74, 6) is 0. The minimum Gasteiger partial charge on any atom is -0.364 e. The molecule has 1 saturated heterocycles. The van der Waals surface area contributed by atoms with Crippen molar-refractivity contribution in [2.45, 2.75) is 25.0 Å². The first-order valence-electron chi connectivity index (χ1n) is 4.39. The van der Waals surface area contributed by atoms with Gasteiger partial charge >= 0.3 is 0 Å². The summed E-state index contributed by atoms with van der Waals surface area (Å²) in [6, 6.07) is 3.79. The van der Waals surface area contributed by atoms with Crippen molar-refractivity contribution in [3.8, 4) is 0 Å². The van der Waals surface area contributed by atoms with E-state index >= 15 is 0 Å². The first kappa shape index (κ1) is 8.10. The van der Waals surface area contributed by atoms with Crippen LogP contribution >= 0.6 is 23.2 Å². The van der Waals surface area contributed by atoms with Crippen LogP contribution in [0.5, 0.6) is 0 Å². The van der Waals surface area contributed by atoms with Crippen molar-refractivity contribution in [1.82, 2.24) is 0 Å². The van der Waals surface area contributed by atoms with Crippen LogP contribution in [0.2, 0.25) is 10.0 Å². The van der Waals surface area contributed by atoms with Gasteiger partial charge in [-0.25, -0.2) is 0 Å². The highest BCUT2D eigenvalue weighted by atomic mass is 35.5. The Bertz CT molecular complexity index is 375. The van der Waals surface area contributed by atoms with E-state index in [0.717, 1.165) is 17.9 Å². The van der Waals surface area contributed by atoms with Gasteiger partial charge in [0.05, 0.1) is 6.10 Å². The molecule has 0 unspecified atom stereocenters. The van der Waals surface area contributed by atoms with E-state index in [0.29, 0.717) is 11.1 Å². The lowest BCUT2D eigenvalue weighted by atomic mass is 9.92. The normalized spacial score (nSPS) is 29.4. The maximum Gasteiger partial charge on any atom is 0.110 e. The zero-order valence-electron chi connectivity index (χ0n) is 6.89. The maximum absolute atomic E-state index is 6.09. The highest BCUT2D eigenvalue weighted by Crippen LogP contribution is 2.49. The average molecular weight is 215 g/mol. The molecule has 1 nitrogen and oxygen atoms in total. The highest BCUT2D eigenvalue weighted by molar-refractivity contribution is 6.35. The largest absolute Gasteiger partial charge is 0.364 e. The van der Waals surface area contributed by atoms with E-state index in [1.54, 1.807) is 0 Å². The summed E-state index contributed by atoms with van der Waals surface area (Å²) in [5.41, 5.74) is 2.43. The smallest absolute Gasteiger partial charge is 0.110 e. The fourth-order valence-corrected chi connectivity index (χ4v) is 2.67. The molecule has 0 bridgehead atoms. The zero-order valence-corrected chi connectivity index (χ0v) is 8.40. The molecular formula is C10H8Cl2O.